The van der Waals surface area contributed by atoms with Crippen molar-refractivity contribution in [3.63, 3.8) is 0 Å². The molecule has 2 N–H and O–H groups in total. The fourth-order valence-electron chi connectivity index (χ4n) is 8.11. The SMILES string of the molecule is CC/C=C\C/C=C\C/C=C\C/C=C\CCC(=O)OC(CO)COP(=O)(O)OCC(COC(=O)CCCCCCCCCCCCCCCCC)OC(=O)CCCCCCCCCCC/C=C\C/C=C\CCCCC. The van der Waals surface area contributed by atoms with Crippen LogP contribution in [0.2, 0.25) is 0 Å². The third-order valence-electron chi connectivity index (χ3n) is 12.6. The molecule has 3 atom stereocenters. The second kappa shape index (κ2) is 56.1. The summed E-state index contributed by atoms with van der Waals surface area (Å²) in [6, 6.07) is 0. The van der Waals surface area contributed by atoms with Gasteiger partial charge in [0.25, 0.3) is 0 Å². The first-order valence-corrected chi connectivity index (χ1v) is 31.3. The van der Waals surface area contributed by atoms with Gasteiger partial charge in [-0.3, -0.25) is 23.4 Å². The lowest BCUT2D eigenvalue weighted by atomic mass is 10.0. The van der Waals surface area contributed by atoms with Gasteiger partial charge < -0.3 is 24.2 Å². The van der Waals surface area contributed by atoms with Crippen LogP contribution in [-0.2, 0) is 42.2 Å². The van der Waals surface area contributed by atoms with Gasteiger partial charge in [-0.1, -0.05) is 241 Å². The van der Waals surface area contributed by atoms with E-state index in [4.69, 9.17) is 23.3 Å². The zero-order chi connectivity index (χ0) is 54.1. The molecule has 0 aromatic carbocycles. The fourth-order valence-corrected chi connectivity index (χ4v) is 8.89. The molecule has 428 valence electrons. The molecular weight excluding hydrogens is 952 g/mol. The van der Waals surface area contributed by atoms with E-state index in [1.54, 1.807) is 0 Å². The van der Waals surface area contributed by atoms with Crippen LogP contribution in [0.5, 0.6) is 0 Å². The maximum absolute atomic E-state index is 12.9. The van der Waals surface area contributed by atoms with E-state index in [0.717, 1.165) is 77.0 Å². The maximum Gasteiger partial charge on any atom is 0.472 e. The van der Waals surface area contributed by atoms with E-state index in [-0.39, 0.29) is 25.9 Å². The van der Waals surface area contributed by atoms with E-state index < -0.39 is 57.8 Å². The van der Waals surface area contributed by atoms with E-state index in [0.29, 0.717) is 19.3 Å². The molecule has 0 bridgehead atoms. The summed E-state index contributed by atoms with van der Waals surface area (Å²) in [6.45, 7) is 4.44. The Kier molecular flexibility index (Phi) is 53.8. The number of aliphatic hydroxyl groups is 1. The van der Waals surface area contributed by atoms with Crippen molar-refractivity contribution in [2.45, 2.75) is 277 Å². The largest absolute Gasteiger partial charge is 0.472 e. The summed E-state index contributed by atoms with van der Waals surface area (Å²) >= 11 is 0. The average molecular weight is 1060 g/mol. The van der Waals surface area contributed by atoms with E-state index in [9.17, 15) is 28.9 Å². The van der Waals surface area contributed by atoms with Gasteiger partial charge in [-0.05, 0) is 77.0 Å². The standard InChI is InChI=1S/C62H109O11P/c1-4-7-10-13-16-19-22-25-27-28-29-30-32-35-38-41-44-47-50-53-62(66)73-59(55-69-60(64)51-48-45-42-39-36-34-31-26-23-20-17-14-11-8-5-2)57-71-74(67,68)70-56-58(54-63)72-61(65)52-49-46-43-40-37-33-24-21-18-15-12-9-6-3/h9,12,16,18-19,21,25,27,33,37,43,46,58-59,63H,4-8,10-11,13-15,17,20,22-24,26,28-32,34-36,38-42,44-45,47-57H2,1-3H3,(H,67,68)/b12-9-,19-16-,21-18-,27-25-,37-33-,46-43-. The number of carbonyl (C=O) groups is 3. The molecule has 12 heteroatoms. The molecule has 0 aliphatic heterocycles. The molecule has 3 unspecified atom stereocenters. The molecule has 0 aromatic rings. The molecule has 0 heterocycles. The van der Waals surface area contributed by atoms with Crippen molar-refractivity contribution in [1.82, 2.24) is 0 Å². The van der Waals surface area contributed by atoms with Gasteiger partial charge in [-0.15, -0.1) is 0 Å². The summed E-state index contributed by atoms with van der Waals surface area (Å²) in [6.07, 6.45) is 63.0. The van der Waals surface area contributed by atoms with Crippen LogP contribution in [0.1, 0.15) is 265 Å². The van der Waals surface area contributed by atoms with Crippen molar-refractivity contribution in [2.75, 3.05) is 26.4 Å². The molecule has 0 spiro atoms. The lowest BCUT2D eigenvalue weighted by Gasteiger charge is -2.21. The third-order valence-corrected chi connectivity index (χ3v) is 13.6. The van der Waals surface area contributed by atoms with Crippen LogP contribution in [-0.4, -0.2) is 66.5 Å². The highest BCUT2D eigenvalue weighted by Gasteiger charge is 2.28. The lowest BCUT2D eigenvalue weighted by molar-refractivity contribution is -0.161. The Morgan fingerprint density at radius 2 is 0.730 bits per heavy atom. The number of carbonyl (C=O) groups excluding carboxylic acids is 3. The number of phosphoric acid groups is 1. The maximum atomic E-state index is 12.9. The van der Waals surface area contributed by atoms with Crippen molar-refractivity contribution in [2.24, 2.45) is 0 Å². The van der Waals surface area contributed by atoms with Gasteiger partial charge in [0.1, 0.15) is 12.7 Å². The number of hydrogen-bond acceptors (Lipinski definition) is 10. The number of phosphoric ester groups is 1. The van der Waals surface area contributed by atoms with Gasteiger partial charge in [0.15, 0.2) is 6.10 Å². The van der Waals surface area contributed by atoms with Crippen molar-refractivity contribution in [3.8, 4) is 0 Å². The lowest BCUT2D eigenvalue weighted by Crippen LogP contribution is -2.30. The van der Waals surface area contributed by atoms with Gasteiger partial charge in [0.2, 0.25) is 0 Å². The molecule has 0 radical (unpaired) electrons. The van der Waals surface area contributed by atoms with Crippen LogP contribution in [0.4, 0.5) is 0 Å². The average Bonchev–Trinajstić information content (AvgIpc) is 3.39. The van der Waals surface area contributed by atoms with Crippen molar-refractivity contribution < 1.29 is 52.2 Å². The Labute approximate surface area is 452 Å². The highest BCUT2D eigenvalue weighted by Crippen LogP contribution is 2.43. The minimum atomic E-state index is -4.77. The Morgan fingerprint density at radius 3 is 1.19 bits per heavy atom. The zero-order valence-electron chi connectivity index (χ0n) is 47.3. The highest BCUT2D eigenvalue weighted by atomic mass is 31.2. The molecule has 0 aromatic heterocycles. The van der Waals surface area contributed by atoms with E-state index in [1.807, 2.05) is 12.2 Å². The summed E-state index contributed by atoms with van der Waals surface area (Å²) in [4.78, 5) is 48.5. The van der Waals surface area contributed by atoms with Crippen molar-refractivity contribution in [3.05, 3.63) is 72.9 Å². The number of ether oxygens (including phenoxy) is 3. The molecule has 0 aliphatic rings. The summed E-state index contributed by atoms with van der Waals surface area (Å²) in [5, 5.41) is 9.79. The van der Waals surface area contributed by atoms with Gasteiger partial charge in [0.05, 0.1) is 19.8 Å². The molecule has 0 fully saturated rings. The van der Waals surface area contributed by atoms with Crippen LogP contribution >= 0.6 is 7.82 Å². The molecule has 0 saturated heterocycles. The molecule has 0 amide bonds. The van der Waals surface area contributed by atoms with Crippen molar-refractivity contribution >= 4 is 25.7 Å². The summed E-state index contributed by atoms with van der Waals surface area (Å²) in [7, 11) is -4.77. The minimum absolute atomic E-state index is 0.0553. The van der Waals surface area contributed by atoms with Crippen LogP contribution in [0.3, 0.4) is 0 Å². The number of aliphatic hydroxyl groups excluding tert-OH is 1. The number of rotatable bonds is 55. The summed E-state index contributed by atoms with van der Waals surface area (Å²) in [5.74, 6) is -1.55. The highest BCUT2D eigenvalue weighted by molar-refractivity contribution is 7.47. The second-order valence-electron chi connectivity index (χ2n) is 19.8. The van der Waals surface area contributed by atoms with Crippen LogP contribution in [0, 0.1) is 0 Å². The topological polar surface area (TPSA) is 155 Å². The van der Waals surface area contributed by atoms with Gasteiger partial charge in [-0.25, -0.2) is 4.57 Å². The van der Waals surface area contributed by atoms with E-state index in [1.165, 1.54) is 128 Å². The Morgan fingerprint density at radius 1 is 0.392 bits per heavy atom. The normalized spacial score (nSPS) is 13.9. The Hall–Kier alpha value is -3.08. The first-order valence-electron chi connectivity index (χ1n) is 29.8. The number of allylic oxidation sites excluding steroid dienone is 12. The summed E-state index contributed by atoms with van der Waals surface area (Å²) in [5.41, 5.74) is 0. The van der Waals surface area contributed by atoms with Crippen molar-refractivity contribution in [1.29, 1.82) is 0 Å². The van der Waals surface area contributed by atoms with Gasteiger partial charge >= 0.3 is 25.7 Å². The number of unbranched alkanes of at least 4 members (excludes halogenated alkanes) is 26. The smallest absolute Gasteiger partial charge is 0.462 e. The van der Waals surface area contributed by atoms with Gasteiger partial charge in [0, 0.05) is 19.3 Å². The predicted octanol–water partition coefficient (Wildman–Crippen LogP) is 17.7. The quantitative estimate of drug-likeness (QED) is 0.0197. The monoisotopic (exact) mass is 1060 g/mol. The number of hydrogen-bond donors (Lipinski definition) is 2. The minimum Gasteiger partial charge on any atom is -0.462 e. The zero-order valence-corrected chi connectivity index (χ0v) is 48.2. The fraction of sp³-hybridized carbons (Fsp3) is 0.758. The van der Waals surface area contributed by atoms with Crippen LogP contribution in [0.25, 0.3) is 0 Å². The Balaban J connectivity index is 4.76. The first kappa shape index (κ1) is 70.9. The first-order chi connectivity index (χ1) is 36.2. The van der Waals surface area contributed by atoms with E-state index in [2.05, 4.69) is 81.5 Å². The molecular formula is C62H109O11P. The predicted molar refractivity (Wildman–Crippen MR) is 307 cm³/mol. The third kappa shape index (κ3) is 53.7. The second-order valence-corrected chi connectivity index (χ2v) is 21.2. The molecule has 74 heavy (non-hydrogen) atoms. The van der Waals surface area contributed by atoms with Gasteiger partial charge in [-0.2, -0.15) is 0 Å². The van der Waals surface area contributed by atoms with Crippen LogP contribution < -0.4 is 0 Å². The molecule has 0 aliphatic carbocycles. The number of esters is 3. The Bertz CT molecular complexity index is 1520. The molecule has 0 rings (SSSR count). The molecule has 0 saturated carbocycles. The summed E-state index contributed by atoms with van der Waals surface area (Å²) < 4.78 is 39.5. The van der Waals surface area contributed by atoms with E-state index >= 15 is 0 Å². The molecule has 11 nitrogen and oxygen atoms in total. The van der Waals surface area contributed by atoms with Crippen LogP contribution in [0.15, 0.2) is 72.9 Å².